The Kier molecular flexibility index (Phi) is 5.20. The molecule has 0 aromatic carbocycles. The van der Waals surface area contributed by atoms with Crippen LogP contribution in [-0.4, -0.2) is 30.0 Å². The zero-order valence-corrected chi connectivity index (χ0v) is 12.7. The van der Waals surface area contributed by atoms with E-state index >= 15 is 0 Å². The van der Waals surface area contributed by atoms with Crippen LogP contribution in [0.1, 0.15) is 59.8 Å². The lowest BCUT2D eigenvalue weighted by Gasteiger charge is -2.21. The maximum absolute atomic E-state index is 11.8. The number of rotatable bonds is 6. The number of carbonyl (C=O) groups is 2. The summed E-state index contributed by atoms with van der Waals surface area (Å²) >= 11 is 1.18. The summed E-state index contributed by atoms with van der Waals surface area (Å²) in [6.45, 7) is 9.49. The molecule has 0 radical (unpaired) electrons. The van der Waals surface area contributed by atoms with Crippen LogP contribution >= 0.6 is 11.3 Å². The van der Waals surface area contributed by atoms with Crippen LogP contribution < -0.4 is 0 Å². The molecule has 1 rings (SSSR count). The van der Waals surface area contributed by atoms with Gasteiger partial charge in [0.15, 0.2) is 11.5 Å². The fourth-order valence-corrected chi connectivity index (χ4v) is 2.58. The van der Waals surface area contributed by atoms with Gasteiger partial charge >= 0.3 is 5.97 Å². The molecule has 0 bridgehead atoms. The largest absolute Gasteiger partial charge is 0.461 e. The van der Waals surface area contributed by atoms with Crippen molar-refractivity contribution in [1.82, 2.24) is 4.98 Å². The van der Waals surface area contributed by atoms with Crippen molar-refractivity contribution in [2.45, 2.75) is 40.2 Å². The van der Waals surface area contributed by atoms with Gasteiger partial charge in [-0.2, -0.15) is 0 Å². The highest BCUT2D eigenvalue weighted by atomic mass is 32.1. The summed E-state index contributed by atoms with van der Waals surface area (Å²) in [5.74, 6) is -0.762. The Morgan fingerprint density at radius 3 is 2.37 bits per heavy atom. The van der Waals surface area contributed by atoms with Crippen LogP contribution in [0.25, 0.3) is 0 Å². The highest BCUT2D eigenvalue weighted by Gasteiger charge is 2.30. The molecular weight excluding hydrogens is 266 g/mol. The molecular formula is C13H19NO4S. The van der Waals surface area contributed by atoms with Crippen LogP contribution in [0, 0.1) is 0 Å². The normalized spacial score (nSPS) is 11.4. The van der Waals surface area contributed by atoms with Crippen molar-refractivity contribution in [2.75, 3.05) is 13.2 Å². The van der Waals surface area contributed by atoms with Gasteiger partial charge in [0.2, 0.25) is 0 Å². The van der Waals surface area contributed by atoms with Gasteiger partial charge in [-0.25, -0.2) is 9.78 Å². The zero-order valence-electron chi connectivity index (χ0n) is 11.9. The topological polar surface area (TPSA) is 65.5 Å². The molecule has 0 atom stereocenters. The third-order valence-electron chi connectivity index (χ3n) is 2.44. The number of carbonyl (C=O) groups excluding carboxylic acids is 2. The first-order valence-electron chi connectivity index (χ1n) is 6.16. The Bertz CT molecular complexity index is 479. The van der Waals surface area contributed by atoms with Gasteiger partial charge in [-0.3, -0.25) is 4.79 Å². The van der Waals surface area contributed by atoms with Crippen molar-refractivity contribution >= 4 is 23.1 Å². The molecule has 6 heteroatoms. The van der Waals surface area contributed by atoms with Crippen LogP contribution in [0.5, 0.6) is 0 Å². The number of ketones is 1. The number of hydrogen-bond donors (Lipinski definition) is 0. The maximum atomic E-state index is 11.8. The van der Waals surface area contributed by atoms with Crippen molar-refractivity contribution < 1.29 is 19.1 Å². The summed E-state index contributed by atoms with van der Waals surface area (Å²) < 4.78 is 10.5. The Morgan fingerprint density at radius 2 is 1.89 bits per heavy atom. The molecule has 0 aliphatic heterocycles. The van der Waals surface area contributed by atoms with E-state index in [2.05, 4.69) is 4.98 Å². The highest BCUT2D eigenvalue weighted by molar-refractivity contribution is 7.14. The molecule has 1 heterocycles. The number of hydrogen-bond acceptors (Lipinski definition) is 6. The standard InChI is InChI=1S/C13H19NO4S/c1-6-17-11(16)9-10(8(3)15)19-12(14-9)13(4,5)18-7-2/h6-7H2,1-5H3. The minimum atomic E-state index is -0.631. The highest BCUT2D eigenvalue weighted by Crippen LogP contribution is 2.31. The van der Waals surface area contributed by atoms with Crippen molar-refractivity contribution in [2.24, 2.45) is 0 Å². The van der Waals surface area contributed by atoms with Crippen molar-refractivity contribution in [3.63, 3.8) is 0 Å². The van der Waals surface area contributed by atoms with E-state index in [4.69, 9.17) is 9.47 Å². The summed E-state index contributed by atoms with van der Waals surface area (Å²) in [7, 11) is 0. The van der Waals surface area contributed by atoms with Gasteiger partial charge in [0.25, 0.3) is 0 Å². The molecule has 0 unspecified atom stereocenters. The van der Waals surface area contributed by atoms with Crippen LogP contribution in [-0.2, 0) is 15.1 Å². The Hall–Kier alpha value is -1.27. The first-order chi connectivity index (χ1) is 8.83. The number of nitrogens with zero attached hydrogens (tertiary/aromatic N) is 1. The van der Waals surface area contributed by atoms with Gasteiger partial charge in [-0.15, -0.1) is 11.3 Å². The van der Waals surface area contributed by atoms with Crippen LogP contribution in [0.3, 0.4) is 0 Å². The Morgan fingerprint density at radius 1 is 1.26 bits per heavy atom. The van der Waals surface area contributed by atoms with Crippen molar-refractivity contribution in [3.05, 3.63) is 15.6 Å². The fraction of sp³-hybridized carbons (Fsp3) is 0.615. The molecule has 0 N–H and O–H groups in total. The Balaban J connectivity index is 3.21. The zero-order chi connectivity index (χ0) is 14.6. The number of aromatic nitrogens is 1. The van der Waals surface area contributed by atoms with E-state index < -0.39 is 11.6 Å². The summed E-state index contributed by atoms with van der Waals surface area (Å²) in [6, 6.07) is 0. The minimum Gasteiger partial charge on any atom is -0.461 e. The van der Waals surface area contributed by atoms with E-state index in [1.807, 2.05) is 20.8 Å². The summed E-state index contributed by atoms with van der Waals surface area (Å²) in [6.07, 6.45) is 0. The molecule has 1 aromatic rings. The molecule has 0 saturated heterocycles. The van der Waals surface area contributed by atoms with E-state index in [0.717, 1.165) is 0 Å². The molecule has 0 saturated carbocycles. The van der Waals surface area contributed by atoms with E-state index in [1.165, 1.54) is 18.3 Å². The second kappa shape index (κ2) is 6.25. The summed E-state index contributed by atoms with van der Waals surface area (Å²) in [5.41, 5.74) is -0.545. The van der Waals surface area contributed by atoms with Crippen LogP contribution in [0.2, 0.25) is 0 Å². The molecule has 0 aliphatic carbocycles. The monoisotopic (exact) mass is 285 g/mol. The average molecular weight is 285 g/mol. The second-order valence-electron chi connectivity index (χ2n) is 4.42. The predicted octanol–water partition coefficient (Wildman–Crippen LogP) is 2.79. The van der Waals surface area contributed by atoms with Gasteiger partial charge in [0.1, 0.15) is 15.5 Å². The van der Waals surface area contributed by atoms with Crippen molar-refractivity contribution in [1.29, 1.82) is 0 Å². The first-order valence-corrected chi connectivity index (χ1v) is 6.98. The summed E-state index contributed by atoms with van der Waals surface area (Å²) in [4.78, 5) is 28.0. The molecule has 0 amide bonds. The van der Waals surface area contributed by atoms with Crippen LogP contribution in [0.4, 0.5) is 0 Å². The predicted molar refractivity (Wildman–Crippen MR) is 72.7 cm³/mol. The SMILES string of the molecule is CCOC(=O)c1nc(C(C)(C)OCC)sc1C(C)=O. The molecule has 0 fully saturated rings. The molecule has 0 spiro atoms. The van der Waals surface area contributed by atoms with E-state index in [-0.39, 0.29) is 18.1 Å². The van der Waals surface area contributed by atoms with Gasteiger partial charge < -0.3 is 9.47 Å². The average Bonchev–Trinajstić information content (AvgIpc) is 2.74. The summed E-state index contributed by atoms with van der Waals surface area (Å²) in [5, 5.41) is 0.600. The lowest BCUT2D eigenvalue weighted by atomic mass is 10.1. The van der Waals surface area contributed by atoms with Crippen molar-refractivity contribution in [3.8, 4) is 0 Å². The quantitative estimate of drug-likeness (QED) is 0.594. The first kappa shape index (κ1) is 15.8. The van der Waals surface area contributed by atoms with Gasteiger partial charge in [-0.1, -0.05) is 0 Å². The third-order valence-corrected chi connectivity index (χ3v) is 3.90. The smallest absolute Gasteiger partial charge is 0.358 e. The number of ether oxygens (including phenoxy) is 2. The van der Waals surface area contributed by atoms with Gasteiger partial charge in [-0.05, 0) is 27.7 Å². The lowest BCUT2D eigenvalue weighted by molar-refractivity contribution is -0.0142. The van der Waals surface area contributed by atoms with Gasteiger partial charge in [0, 0.05) is 13.5 Å². The van der Waals surface area contributed by atoms with E-state index in [9.17, 15) is 9.59 Å². The molecule has 1 aromatic heterocycles. The molecule has 19 heavy (non-hydrogen) atoms. The van der Waals surface area contributed by atoms with Crippen LogP contribution in [0.15, 0.2) is 0 Å². The number of esters is 1. The van der Waals surface area contributed by atoms with E-state index in [0.29, 0.717) is 16.5 Å². The molecule has 106 valence electrons. The maximum Gasteiger partial charge on any atom is 0.358 e. The second-order valence-corrected chi connectivity index (χ2v) is 5.42. The third kappa shape index (κ3) is 3.61. The number of Topliss-reactive ketones (excluding diaryl/α,β-unsaturated/α-hetero) is 1. The van der Waals surface area contributed by atoms with E-state index in [1.54, 1.807) is 6.92 Å². The van der Waals surface area contributed by atoms with Gasteiger partial charge in [0.05, 0.1) is 6.61 Å². The Labute approximate surface area is 116 Å². The number of thiazole rings is 1. The minimum absolute atomic E-state index is 0.0853. The molecule has 5 nitrogen and oxygen atoms in total. The molecule has 0 aliphatic rings. The lowest BCUT2D eigenvalue weighted by Crippen LogP contribution is -2.21. The fourth-order valence-electron chi connectivity index (χ4n) is 1.58.